The molecule has 19 heavy (non-hydrogen) atoms. The van der Waals surface area contributed by atoms with E-state index in [9.17, 15) is 19.3 Å². The van der Waals surface area contributed by atoms with Crippen molar-refractivity contribution in [3.05, 3.63) is 39.7 Å². The zero-order valence-electron chi connectivity index (χ0n) is 10.6. The van der Waals surface area contributed by atoms with Crippen LogP contribution in [0.25, 0.3) is 0 Å². The predicted octanol–water partition coefficient (Wildman–Crippen LogP) is 2.98. The van der Waals surface area contributed by atoms with Gasteiger partial charge in [0.15, 0.2) is 0 Å². The van der Waals surface area contributed by atoms with Gasteiger partial charge in [-0.05, 0) is 26.0 Å². The van der Waals surface area contributed by atoms with E-state index < -0.39 is 22.3 Å². The largest absolute Gasteiger partial charge is 0.335 e. The number of hydrogen-bond acceptors (Lipinski definition) is 3. The standard InChI is InChI=1S/C12H14BrFN2O3/c1-8(2)15(6-5-13)12(17)10-4-3-9(14)7-11(10)16(18)19/h3-4,7-8H,5-6H2,1-2H3. The Morgan fingerprint density at radius 3 is 2.63 bits per heavy atom. The Morgan fingerprint density at radius 1 is 1.53 bits per heavy atom. The first kappa shape index (κ1) is 15.6. The maximum Gasteiger partial charge on any atom is 0.285 e. The molecular formula is C12H14BrFN2O3. The van der Waals surface area contributed by atoms with E-state index in [2.05, 4.69) is 15.9 Å². The van der Waals surface area contributed by atoms with Crippen molar-refractivity contribution in [2.75, 3.05) is 11.9 Å². The quantitative estimate of drug-likeness (QED) is 0.473. The van der Waals surface area contributed by atoms with Crippen molar-refractivity contribution in [2.45, 2.75) is 19.9 Å². The lowest BCUT2D eigenvalue weighted by Gasteiger charge is -2.25. The lowest BCUT2D eigenvalue weighted by molar-refractivity contribution is -0.385. The number of hydrogen-bond donors (Lipinski definition) is 0. The summed E-state index contributed by atoms with van der Waals surface area (Å²) in [5, 5.41) is 11.4. The Labute approximate surface area is 118 Å². The smallest absolute Gasteiger partial charge is 0.285 e. The number of amides is 1. The van der Waals surface area contributed by atoms with Gasteiger partial charge in [-0.25, -0.2) is 4.39 Å². The van der Waals surface area contributed by atoms with Crippen molar-refractivity contribution in [1.82, 2.24) is 4.90 Å². The van der Waals surface area contributed by atoms with E-state index in [1.807, 2.05) is 13.8 Å². The zero-order chi connectivity index (χ0) is 14.6. The van der Waals surface area contributed by atoms with E-state index >= 15 is 0 Å². The molecule has 0 aliphatic rings. The predicted molar refractivity (Wildman–Crippen MR) is 73.0 cm³/mol. The number of rotatable bonds is 5. The van der Waals surface area contributed by atoms with Gasteiger partial charge in [-0.2, -0.15) is 0 Å². The third kappa shape index (κ3) is 3.73. The Bertz CT molecular complexity index is 494. The molecule has 0 aliphatic heterocycles. The molecule has 0 fully saturated rings. The van der Waals surface area contributed by atoms with Crippen LogP contribution in [0.1, 0.15) is 24.2 Å². The van der Waals surface area contributed by atoms with Gasteiger partial charge in [0.25, 0.3) is 11.6 Å². The number of benzene rings is 1. The molecule has 104 valence electrons. The van der Waals surface area contributed by atoms with Gasteiger partial charge in [-0.15, -0.1) is 0 Å². The number of carbonyl (C=O) groups is 1. The minimum absolute atomic E-state index is 0.0962. The Balaban J connectivity index is 3.21. The number of carbonyl (C=O) groups excluding carboxylic acids is 1. The molecule has 0 atom stereocenters. The molecule has 7 heteroatoms. The van der Waals surface area contributed by atoms with Crippen molar-refractivity contribution < 1.29 is 14.1 Å². The van der Waals surface area contributed by atoms with Gasteiger partial charge >= 0.3 is 0 Å². The van der Waals surface area contributed by atoms with Crippen molar-refractivity contribution in [3.63, 3.8) is 0 Å². The van der Waals surface area contributed by atoms with Crippen molar-refractivity contribution >= 4 is 27.5 Å². The highest BCUT2D eigenvalue weighted by molar-refractivity contribution is 9.09. The minimum atomic E-state index is -0.747. The van der Waals surface area contributed by atoms with Crippen LogP contribution in [0.2, 0.25) is 0 Å². The molecule has 0 saturated carbocycles. The molecule has 5 nitrogen and oxygen atoms in total. The third-order valence-electron chi connectivity index (χ3n) is 2.60. The number of nitro benzene ring substituents is 1. The van der Waals surface area contributed by atoms with Crippen LogP contribution in [0.5, 0.6) is 0 Å². The zero-order valence-corrected chi connectivity index (χ0v) is 12.2. The summed E-state index contributed by atoms with van der Waals surface area (Å²) in [6, 6.07) is 2.86. The number of nitrogens with zero attached hydrogens (tertiary/aromatic N) is 2. The molecular weight excluding hydrogens is 319 g/mol. The van der Waals surface area contributed by atoms with Crippen molar-refractivity contribution in [3.8, 4) is 0 Å². The van der Waals surface area contributed by atoms with Gasteiger partial charge in [0.05, 0.1) is 11.0 Å². The first-order valence-electron chi connectivity index (χ1n) is 5.69. The number of nitro groups is 1. The van der Waals surface area contributed by atoms with Gasteiger partial charge in [0, 0.05) is 17.9 Å². The summed E-state index contributed by atoms with van der Waals surface area (Å²) in [7, 11) is 0. The fourth-order valence-corrected chi connectivity index (χ4v) is 2.06. The maximum atomic E-state index is 13.0. The molecule has 0 radical (unpaired) electrons. The van der Waals surface area contributed by atoms with Crippen molar-refractivity contribution in [1.29, 1.82) is 0 Å². The minimum Gasteiger partial charge on any atom is -0.335 e. The van der Waals surface area contributed by atoms with E-state index in [0.717, 1.165) is 18.2 Å². The van der Waals surface area contributed by atoms with Gasteiger partial charge in [0.2, 0.25) is 0 Å². The Hall–Kier alpha value is -1.50. The summed E-state index contributed by atoms with van der Waals surface area (Å²) < 4.78 is 13.0. The van der Waals surface area contributed by atoms with Gasteiger partial charge < -0.3 is 4.90 Å². The number of halogens is 2. The molecule has 0 saturated heterocycles. The van der Waals surface area contributed by atoms with Gasteiger partial charge in [0.1, 0.15) is 11.4 Å². The maximum absolute atomic E-state index is 13.0. The topological polar surface area (TPSA) is 63.5 Å². The first-order chi connectivity index (χ1) is 8.88. The second-order valence-electron chi connectivity index (χ2n) is 4.20. The lowest BCUT2D eigenvalue weighted by Crippen LogP contribution is -2.38. The fourth-order valence-electron chi connectivity index (χ4n) is 1.68. The molecule has 1 amide bonds. The molecule has 0 aliphatic carbocycles. The molecule has 0 heterocycles. The molecule has 0 N–H and O–H groups in total. The summed E-state index contributed by atoms with van der Waals surface area (Å²) in [6.45, 7) is 4.05. The van der Waals surface area contributed by atoms with Crippen LogP contribution in [-0.4, -0.2) is 33.6 Å². The Morgan fingerprint density at radius 2 is 2.16 bits per heavy atom. The summed E-state index contributed by atoms with van der Waals surface area (Å²) in [4.78, 5) is 23.9. The molecule has 0 bridgehead atoms. The Kier molecular flexibility index (Phi) is 5.41. The fraction of sp³-hybridized carbons (Fsp3) is 0.417. The van der Waals surface area contributed by atoms with Gasteiger partial charge in [-0.1, -0.05) is 15.9 Å². The molecule has 0 aromatic heterocycles. The van der Waals surface area contributed by atoms with Crippen LogP contribution >= 0.6 is 15.9 Å². The van der Waals surface area contributed by atoms with Crippen LogP contribution in [0.4, 0.5) is 10.1 Å². The second kappa shape index (κ2) is 6.60. The van der Waals surface area contributed by atoms with Crippen LogP contribution in [0.3, 0.4) is 0 Å². The van der Waals surface area contributed by atoms with Crippen molar-refractivity contribution in [2.24, 2.45) is 0 Å². The summed E-state index contributed by atoms with van der Waals surface area (Å²) in [6.07, 6.45) is 0. The molecule has 1 aromatic rings. The van der Waals surface area contributed by atoms with E-state index in [4.69, 9.17) is 0 Å². The van der Waals surface area contributed by atoms with E-state index in [0.29, 0.717) is 11.9 Å². The molecule has 0 unspecified atom stereocenters. The van der Waals surface area contributed by atoms with E-state index in [-0.39, 0.29) is 11.6 Å². The van der Waals surface area contributed by atoms with Crippen LogP contribution in [0, 0.1) is 15.9 Å². The summed E-state index contributed by atoms with van der Waals surface area (Å²) in [5.41, 5.74) is -0.605. The summed E-state index contributed by atoms with van der Waals surface area (Å²) >= 11 is 3.23. The third-order valence-corrected chi connectivity index (χ3v) is 2.95. The monoisotopic (exact) mass is 332 g/mol. The molecule has 1 aromatic carbocycles. The highest BCUT2D eigenvalue weighted by Crippen LogP contribution is 2.22. The normalized spacial score (nSPS) is 10.6. The van der Waals surface area contributed by atoms with Gasteiger partial charge in [-0.3, -0.25) is 14.9 Å². The molecule has 1 rings (SSSR count). The first-order valence-corrected chi connectivity index (χ1v) is 6.81. The highest BCUT2D eigenvalue weighted by Gasteiger charge is 2.26. The second-order valence-corrected chi connectivity index (χ2v) is 4.99. The highest BCUT2D eigenvalue weighted by atomic mass is 79.9. The summed E-state index contributed by atoms with van der Waals surface area (Å²) in [5.74, 6) is -1.21. The van der Waals surface area contributed by atoms with Crippen LogP contribution in [0.15, 0.2) is 18.2 Å². The lowest BCUT2D eigenvalue weighted by atomic mass is 10.1. The average molecular weight is 333 g/mol. The van der Waals surface area contributed by atoms with Crippen LogP contribution < -0.4 is 0 Å². The SMILES string of the molecule is CC(C)N(CCBr)C(=O)c1ccc(F)cc1[N+](=O)[O-]. The van der Waals surface area contributed by atoms with E-state index in [1.54, 1.807) is 0 Å². The molecule has 0 spiro atoms. The average Bonchev–Trinajstić information content (AvgIpc) is 2.34. The number of alkyl halides is 1. The van der Waals surface area contributed by atoms with E-state index in [1.165, 1.54) is 4.90 Å². The van der Waals surface area contributed by atoms with Crippen LogP contribution in [-0.2, 0) is 0 Å².